The van der Waals surface area contributed by atoms with Crippen LogP contribution in [0.4, 0.5) is 5.69 Å². The SMILES string of the molecule is CCOc1ccc(N(CC(=O)N(Cc2cccc(OC)c2)[C@@H](C)C(=O)NC)S(=O)(=O)c2ccc(OC)c(OC)c2)cc1. The Kier molecular flexibility index (Phi) is 11.0. The zero-order chi connectivity index (χ0) is 30.9. The maximum atomic E-state index is 14.1. The van der Waals surface area contributed by atoms with E-state index >= 15 is 0 Å². The highest BCUT2D eigenvalue weighted by Crippen LogP contribution is 2.33. The van der Waals surface area contributed by atoms with Gasteiger partial charge in [-0.15, -0.1) is 0 Å². The summed E-state index contributed by atoms with van der Waals surface area (Å²) in [6, 6.07) is 16.7. The van der Waals surface area contributed by atoms with Crippen molar-refractivity contribution in [3.63, 3.8) is 0 Å². The number of ether oxygens (including phenoxy) is 4. The summed E-state index contributed by atoms with van der Waals surface area (Å²) in [6.45, 7) is 3.31. The second-order valence-corrected chi connectivity index (χ2v) is 11.0. The van der Waals surface area contributed by atoms with Crippen molar-refractivity contribution in [2.24, 2.45) is 0 Å². The third-order valence-electron chi connectivity index (χ3n) is 6.56. The molecule has 0 fully saturated rings. The van der Waals surface area contributed by atoms with Gasteiger partial charge in [0.15, 0.2) is 11.5 Å². The number of carbonyl (C=O) groups excluding carboxylic acids is 2. The van der Waals surface area contributed by atoms with Crippen molar-refractivity contribution in [2.45, 2.75) is 31.3 Å². The average molecular weight is 600 g/mol. The molecule has 0 bridgehead atoms. The van der Waals surface area contributed by atoms with Crippen molar-refractivity contribution >= 4 is 27.5 Å². The molecule has 226 valence electrons. The number of likely N-dealkylation sites (N-methyl/N-ethyl adjacent to an activating group) is 1. The Balaban J connectivity index is 2.08. The van der Waals surface area contributed by atoms with Gasteiger partial charge in [-0.25, -0.2) is 8.42 Å². The molecule has 0 saturated heterocycles. The van der Waals surface area contributed by atoms with E-state index in [-0.39, 0.29) is 22.9 Å². The maximum absolute atomic E-state index is 14.1. The molecule has 1 atom stereocenters. The predicted octanol–water partition coefficient (Wildman–Crippen LogP) is 3.47. The van der Waals surface area contributed by atoms with Gasteiger partial charge in [0.25, 0.3) is 10.0 Å². The summed E-state index contributed by atoms with van der Waals surface area (Å²) in [7, 11) is 1.54. The van der Waals surface area contributed by atoms with Crippen LogP contribution in [0.25, 0.3) is 0 Å². The van der Waals surface area contributed by atoms with Crippen LogP contribution < -0.4 is 28.6 Å². The molecular formula is C30H37N3O8S. The van der Waals surface area contributed by atoms with Crippen molar-refractivity contribution in [1.29, 1.82) is 0 Å². The molecule has 0 saturated carbocycles. The molecule has 1 N–H and O–H groups in total. The van der Waals surface area contributed by atoms with Crippen LogP contribution in [0.15, 0.2) is 71.6 Å². The molecule has 0 aliphatic carbocycles. The van der Waals surface area contributed by atoms with E-state index in [9.17, 15) is 18.0 Å². The van der Waals surface area contributed by atoms with Crippen LogP contribution in [0.1, 0.15) is 19.4 Å². The van der Waals surface area contributed by atoms with Gasteiger partial charge in [0.1, 0.15) is 24.1 Å². The zero-order valence-corrected chi connectivity index (χ0v) is 25.4. The fourth-order valence-corrected chi connectivity index (χ4v) is 5.70. The van der Waals surface area contributed by atoms with Crippen molar-refractivity contribution in [3.05, 3.63) is 72.3 Å². The van der Waals surface area contributed by atoms with Gasteiger partial charge in [-0.1, -0.05) is 12.1 Å². The molecule has 42 heavy (non-hydrogen) atoms. The smallest absolute Gasteiger partial charge is 0.264 e. The van der Waals surface area contributed by atoms with Crippen molar-refractivity contribution in [2.75, 3.05) is 45.8 Å². The molecule has 12 heteroatoms. The number of carbonyl (C=O) groups is 2. The van der Waals surface area contributed by atoms with Crippen LogP contribution in [0.5, 0.6) is 23.0 Å². The Morgan fingerprint density at radius 3 is 2.17 bits per heavy atom. The van der Waals surface area contributed by atoms with Gasteiger partial charge >= 0.3 is 0 Å². The van der Waals surface area contributed by atoms with Gasteiger partial charge < -0.3 is 29.2 Å². The molecule has 0 unspecified atom stereocenters. The summed E-state index contributed by atoms with van der Waals surface area (Å²) in [6.07, 6.45) is 0. The second-order valence-electron chi connectivity index (χ2n) is 9.12. The number of rotatable bonds is 14. The van der Waals surface area contributed by atoms with Gasteiger partial charge in [-0.3, -0.25) is 13.9 Å². The van der Waals surface area contributed by atoms with E-state index in [1.165, 1.54) is 51.5 Å². The first-order chi connectivity index (χ1) is 20.1. The zero-order valence-electron chi connectivity index (χ0n) is 24.6. The highest BCUT2D eigenvalue weighted by atomic mass is 32.2. The second kappa shape index (κ2) is 14.4. The minimum atomic E-state index is -4.31. The highest BCUT2D eigenvalue weighted by molar-refractivity contribution is 7.92. The third-order valence-corrected chi connectivity index (χ3v) is 8.33. The molecule has 0 aliphatic heterocycles. The Bertz CT molecular complexity index is 1480. The summed E-state index contributed by atoms with van der Waals surface area (Å²) < 4.78 is 50.6. The Morgan fingerprint density at radius 1 is 0.881 bits per heavy atom. The summed E-state index contributed by atoms with van der Waals surface area (Å²) in [5, 5.41) is 2.56. The first-order valence-corrected chi connectivity index (χ1v) is 14.6. The van der Waals surface area contributed by atoms with E-state index in [0.717, 1.165) is 4.31 Å². The van der Waals surface area contributed by atoms with Gasteiger partial charge in [-0.2, -0.15) is 0 Å². The van der Waals surface area contributed by atoms with Gasteiger partial charge in [0.05, 0.1) is 38.5 Å². The van der Waals surface area contributed by atoms with Gasteiger partial charge in [0, 0.05) is 19.7 Å². The molecule has 2 amide bonds. The van der Waals surface area contributed by atoms with Crippen LogP contribution in [0.3, 0.4) is 0 Å². The molecule has 3 rings (SSSR count). The Hall–Kier alpha value is -4.45. The topological polar surface area (TPSA) is 124 Å². The first-order valence-electron chi connectivity index (χ1n) is 13.2. The van der Waals surface area contributed by atoms with E-state index in [4.69, 9.17) is 18.9 Å². The highest BCUT2D eigenvalue weighted by Gasteiger charge is 2.33. The lowest BCUT2D eigenvalue weighted by molar-refractivity contribution is -0.139. The molecular weight excluding hydrogens is 562 g/mol. The molecule has 0 radical (unpaired) electrons. The van der Waals surface area contributed by atoms with Gasteiger partial charge in [0.2, 0.25) is 11.8 Å². The number of anilines is 1. The largest absolute Gasteiger partial charge is 0.497 e. The minimum Gasteiger partial charge on any atom is -0.497 e. The van der Waals surface area contributed by atoms with Crippen molar-refractivity contribution < 1.29 is 37.0 Å². The number of hydrogen-bond donors (Lipinski definition) is 1. The molecule has 3 aromatic rings. The third kappa shape index (κ3) is 7.43. The van der Waals surface area contributed by atoms with E-state index in [1.54, 1.807) is 55.5 Å². The van der Waals surface area contributed by atoms with Gasteiger partial charge in [-0.05, 0) is 67.9 Å². The molecule has 0 aromatic heterocycles. The van der Waals surface area contributed by atoms with Crippen LogP contribution in [0.2, 0.25) is 0 Å². The maximum Gasteiger partial charge on any atom is 0.264 e. The summed E-state index contributed by atoms with van der Waals surface area (Å²) in [5.41, 5.74) is 0.935. The molecule has 0 heterocycles. The molecule has 11 nitrogen and oxygen atoms in total. The van der Waals surface area contributed by atoms with E-state index in [1.807, 2.05) is 6.92 Å². The number of benzene rings is 3. The summed E-state index contributed by atoms with van der Waals surface area (Å²) >= 11 is 0. The number of sulfonamides is 1. The molecule has 0 aliphatic rings. The number of nitrogens with zero attached hydrogens (tertiary/aromatic N) is 2. The van der Waals surface area contributed by atoms with E-state index < -0.39 is 34.4 Å². The van der Waals surface area contributed by atoms with Crippen LogP contribution in [-0.2, 0) is 26.2 Å². The van der Waals surface area contributed by atoms with Crippen LogP contribution >= 0.6 is 0 Å². The lowest BCUT2D eigenvalue weighted by Crippen LogP contribution is -2.50. The fourth-order valence-electron chi connectivity index (χ4n) is 4.27. The van der Waals surface area contributed by atoms with Crippen molar-refractivity contribution in [1.82, 2.24) is 10.2 Å². The monoisotopic (exact) mass is 599 g/mol. The fraction of sp³-hybridized carbons (Fsp3) is 0.333. The van der Waals surface area contributed by atoms with Crippen LogP contribution in [-0.4, -0.2) is 72.7 Å². The number of methoxy groups -OCH3 is 3. The summed E-state index contributed by atoms with van der Waals surface area (Å²) in [4.78, 5) is 27.9. The van der Waals surface area contributed by atoms with E-state index in [0.29, 0.717) is 29.4 Å². The quantitative estimate of drug-likeness (QED) is 0.299. The Labute approximate surface area is 247 Å². The standard InChI is InChI=1S/C30H37N3O8S/c1-7-41-24-13-11-23(12-14-24)33(42(36,37)26-15-16-27(39-5)28(18-26)40-6)20-29(34)32(21(2)30(35)31-3)19-22-9-8-10-25(17-22)38-4/h8-18,21H,7,19-20H2,1-6H3,(H,31,35)/t21-/m0/s1. The molecule has 0 spiro atoms. The molecule has 3 aromatic carbocycles. The Morgan fingerprint density at radius 2 is 1.57 bits per heavy atom. The summed E-state index contributed by atoms with van der Waals surface area (Å²) in [5.74, 6) is 0.699. The lowest BCUT2D eigenvalue weighted by atomic mass is 10.1. The number of amides is 2. The first kappa shape index (κ1) is 32.1. The average Bonchev–Trinajstić information content (AvgIpc) is 3.01. The normalized spacial score (nSPS) is 11.7. The predicted molar refractivity (Wildman–Crippen MR) is 159 cm³/mol. The lowest BCUT2D eigenvalue weighted by Gasteiger charge is -2.32. The number of nitrogens with one attached hydrogen (secondary N) is 1. The van der Waals surface area contributed by atoms with Crippen molar-refractivity contribution in [3.8, 4) is 23.0 Å². The number of hydrogen-bond acceptors (Lipinski definition) is 8. The van der Waals surface area contributed by atoms with E-state index in [2.05, 4.69) is 5.32 Å². The van der Waals surface area contributed by atoms with Crippen LogP contribution in [0, 0.1) is 0 Å². The minimum absolute atomic E-state index is 0.0398.